The average Bonchev–Trinajstić information content (AvgIpc) is 3.18. The van der Waals surface area contributed by atoms with Crippen LogP contribution in [0.2, 0.25) is 0 Å². The van der Waals surface area contributed by atoms with Crippen LogP contribution in [0.3, 0.4) is 0 Å². The lowest BCUT2D eigenvalue weighted by molar-refractivity contribution is -0.276. The van der Waals surface area contributed by atoms with E-state index in [4.69, 9.17) is 14.6 Å². The molecule has 8 heteroatoms. The molecule has 0 unspecified atom stereocenters. The van der Waals surface area contributed by atoms with Gasteiger partial charge in [-0.05, 0) is 38.9 Å². The molecule has 5 aromatic carbocycles. The van der Waals surface area contributed by atoms with E-state index in [2.05, 4.69) is 65.7 Å². The standard InChI is InChI=1S/C44H46N2O6/c1-31-40(29-46(27-32-10-4-2-5-11-32)28-33-12-6-3-7-13-33)51-44(52-43(31)36-18-16-34(30-47)17-19-36)37-22-20-35(21-23-37)39-15-9-8-14-38(39)26-45-41(48)24-25-42(49)50/h2-23,31,40,43-44,47H,24-30H2,1H3,(H,45,48)(H,49,50)/t31-,40+,43+,44+/m1/s1. The summed E-state index contributed by atoms with van der Waals surface area (Å²) in [4.78, 5) is 25.6. The SMILES string of the molecule is C[C@@H]1[C@H](CN(Cc2ccccc2)Cc2ccccc2)O[C@H](c2ccc(-c3ccccc3CNC(=O)CCC(=O)O)cc2)O[C@@H]1c1ccc(CO)cc1. The summed E-state index contributed by atoms with van der Waals surface area (Å²) in [6.07, 6.45) is -1.27. The number of carbonyl (C=O) groups is 2. The zero-order valence-corrected chi connectivity index (χ0v) is 29.4. The van der Waals surface area contributed by atoms with E-state index in [0.29, 0.717) is 13.1 Å². The second kappa shape index (κ2) is 17.9. The second-order valence-electron chi connectivity index (χ2n) is 13.4. The van der Waals surface area contributed by atoms with Crippen LogP contribution in [0.5, 0.6) is 0 Å². The Balaban J connectivity index is 1.25. The van der Waals surface area contributed by atoms with E-state index < -0.39 is 12.3 Å². The van der Waals surface area contributed by atoms with E-state index in [1.54, 1.807) is 0 Å². The Morgan fingerprint density at radius 1 is 0.692 bits per heavy atom. The molecule has 0 saturated carbocycles. The van der Waals surface area contributed by atoms with Crippen LogP contribution in [0.15, 0.2) is 133 Å². The Morgan fingerprint density at radius 2 is 1.29 bits per heavy atom. The predicted octanol–water partition coefficient (Wildman–Crippen LogP) is 7.82. The molecule has 0 aromatic heterocycles. The lowest BCUT2D eigenvalue weighted by atomic mass is 9.89. The Kier molecular flexibility index (Phi) is 12.6. The highest BCUT2D eigenvalue weighted by Gasteiger charge is 2.39. The van der Waals surface area contributed by atoms with E-state index in [0.717, 1.165) is 46.5 Å². The maximum absolute atomic E-state index is 12.2. The molecule has 8 nitrogen and oxygen atoms in total. The van der Waals surface area contributed by atoms with Crippen molar-refractivity contribution < 1.29 is 29.3 Å². The molecule has 1 amide bonds. The van der Waals surface area contributed by atoms with E-state index in [1.165, 1.54) is 11.1 Å². The number of aliphatic hydroxyl groups is 1. The fourth-order valence-electron chi connectivity index (χ4n) is 6.73. The molecule has 268 valence electrons. The van der Waals surface area contributed by atoms with Crippen LogP contribution < -0.4 is 5.32 Å². The maximum atomic E-state index is 12.2. The van der Waals surface area contributed by atoms with E-state index in [1.807, 2.05) is 84.9 Å². The number of carboxylic acid groups (broad SMARTS) is 1. The number of carbonyl (C=O) groups excluding carboxylic acids is 1. The fraction of sp³-hybridized carbons (Fsp3) is 0.273. The molecule has 0 bridgehead atoms. The van der Waals surface area contributed by atoms with Gasteiger partial charge in [-0.3, -0.25) is 14.5 Å². The van der Waals surface area contributed by atoms with Crippen LogP contribution in [-0.2, 0) is 45.3 Å². The van der Waals surface area contributed by atoms with Crippen molar-refractivity contribution in [2.75, 3.05) is 6.54 Å². The number of amides is 1. The van der Waals surface area contributed by atoms with Gasteiger partial charge in [0.2, 0.25) is 5.91 Å². The van der Waals surface area contributed by atoms with Crippen LogP contribution in [0.25, 0.3) is 11.1 Å². The van der Waals surface area contributed by atoms with E-state index in [-0.39, 0.29) is 43.5 Å². The zero-order valence-electron chi connectivity index (χ0n) is 29.4. The third-order valence-electron chi connectivity index (χ3n) is 9.61. The number of aliphatic hydroxyl groups excluding tert-OH is 1. The lowest BCUT2D eigenvalue weighted by Crippen LogP contribution is -2.44. The molecule has 1 aliphatic heterocycles. The van der Waals surface area contributed by atoms with Gasteiger partial charge in [0.1, 0.15) is 0 Å². The molecule has 52 heavy (non-hydrogen) atoms. The molecule has 0 spiro atoms. The molecule has 5 aromatic rings. The topological polar surface area (TPSA) is 108 Å². The van der Waals surface area contributed by atoms with Gasteiger partial charge in [-0.25, -0.2) is 0 Å². The normalized spacial score (nSPS) is 18.6. The smallest absolute Gasteiger partial charge is 0.303 e. The fourth-order valence-corrected chi connectivity index (χ4v) is 6.73. The van der Waals surface area contributed by atoms with Crippen molar-refractivity contribution in [2.45, 2.75) is 64.5 Å². The van der Waals surface area contributed by atoms with Crippen molar-refractivity contribution in [3.63, 3.8) is 0 Å². The summed E-state index contributed by atoms with van der Waals surface area (Å²) in [5, 5.41) is 21.5. The third kappa shape index (κ3) is 9.80. The highest BCUT2D eigenvalue weighted by Crippen LogP contribution is 2.42. The summed E-state index contributed by atoms with van der Waals surface area (Å²) in [5.41, 5.74) is 8.15. The number of hydrogen-bond acceptors (Lipinski definition) is 6. The Bertz CT molecular complexity index is 1840. The second-order valence-corrected chi connectivity index (χ2v) is 13.4. The predicted molar refractivity (Wildman–Crippen MR) is 201 cm³/mol. The molecule has 3 N–H and O–H groups in total. The van der Waals surface area contributed by atoms with Crippen LogP contribution in [0.1, 0.15) is 65.5 Å². The van der Waals surface area contributed by atoms with Crippen molar-refractivity contribution in [3.8, 4) is 11.1 Å². The summed E-state index contributed by atoms with van der Waals surface area (Å²) in [7, 11) is 0. The minimum atomic E-state index is -0.995. The minimum absolute atomic E-state index is 0.0176. The monoisotopic (exact) mass is 698 g/mol. The van der Waals surface area contributed by atoms with Crippen LogP contribution in [0.4, 0.5) is 0 Å². The summed E-state index contributed by atoms with van der Waals surface area (Å²) in [5.74, 6) is -1.26. The van der Waals surface area contributed by atoms with Gasteiger partial charge in [0.25, 0.3) is 0 Å². The molecule has 1 saturated heterocycles. The van der Waals surface area contributed by atoms with Crippen LogP contribution >= 0.6 is 0 Å². The molecule has 1 aliphatic rings. The number of hydrogen-bond donors (Lipinski definition) is 3. The number of benzene rings is 5. The van der Waals surface area contributed by atoms with E-state index >= 15 is 0 Å². The van der Waals surface area contributed by atoms with Gasteiger partial charge in [-0.2, -0.15) is 0 Å². The number of ether oxygens (including phenoxy) is 2. The van der Waals surface area contributed by atoms with Crippen molar-refractivity contribution in [2.24, 2.45) is 5.92 Å². The van der Waals surface area contributed by atoms with Crippen molar-refractivity contribution in [1.29, 1.82) is 0 Å². The minimum Gasteiger partial charge on any atom is -0.481 e. The highest BCUT2D eigenvalue weighted by atomic mass is 16.7. The average molecular weight is 699 g/mol. The molecular weight excluding hydrogens is 652 g/mol. The van der Waals surface area contributed by atoms with E-state index in [9.17, 15) is 14.7 Å². The maximum Gasteiger partial charge on any atom is 0.303 e. The number of aliphatic carboxylic acids is 1. The summed E-state index contributed by atoms with van der Waals surface area (Å²) in [6.45, 7) is 4.71. The number of rotatable bonds is 15. The molecule has 1 heterocycles. The molecule has 4 atom stereocenters. The van der Waals surface area contributed by atoms with Gasteiger partial charge in [0.15, 0.2) is 6.29 Å². The Morgan fingerprint density at radius 3 is 1.90 bits per heavy atom. The Labute approximate surface area is 305 Å². The molecule has 0 aliphatic carbocycles. The summed E-state index contributed by atoms with van der Waals surface area (Å²) >= 11 is 0. The number of carboxylic acids is 1. The number of nitrogens with zero attached hydrogens (tertiary/aromatic N) is 1. The molecular formula is C44H46N2O6. The van der Waals surface area contributed by atoms with Crippen molar-refractivity contribution >= 4 is 11.9 Å². The first-order chi connectivity index (χ1) is 25.4. The molecule has 6 rings (SSSR count). The van der Waals surface area contributed by atoms with Crippen LogP contribution in [-0.4, -0.2) is 39.6 Å². The molecule has 0 radical (unpaired) electrons. The summed E-state index contributed by atoms with van der Waals surface area (Å²) < 4.78 is 13.6. The third-order valence-corrected chi connectivity index (χ3v) is 9.61. The Hall–Kier alpha value is -5.12. The first-order valence-corrected chi connectivity index (χ1v) is 17.8. The lowest BCUT2D eigenvalue weighted by Gasteiger charge is -2.43. The van der Waals surface area contributed by atoms with Gasteiger partial charge in [-0.1, -0.05) is 140 Å². The van der Waals surface area contributed by atoms with Crippen molar-refractivity contribution in [3.05, 3.63) is 167 Å². The van der Waals surface area contributed by atoms with Gasteiger partial charge >= 0.3 is 5.97 Å². The zero-order chi connectivity index (χ0) is 36.3. The quantitative estimate of drug-likeness (QED) is 0.102. The van der Waals surface area contributed by atoms with Crippen molar-refractivity contribution in [1.82, 2.24) is 10.2 Å². The van der Waals surface area contributed by atoms with Gasteiger partial charge in [0.05, 0.1) is 25.2 Å². The van der Waals surface area contributed by atoms with Gasteiger partial charge in [0, 0.05) is 44.1 Å². The van der Waals surface area contributed by atoms with Gasteiger partial charge < -0.3 is 25.0 Å². The molecule has 1 fully saturated rings. The first kappa shape index (κ1) is 36.7. The number of nitrogens with one attached hydrogen (secondary N) is 1. The first-order valence-electron chi connectivity index (χ1n) is 17.8. The highest BCUT2D eigenvalue weighted by molar-refractivity contribution is 5.80. The van der Waals surface area contributed by atoms with Crippen LogP contribution in [0, 0.1) is 5.92 Å². The largest absolute Gasteiger partial charge is 0.481 e. The summed E-state index contributed by atoms with van der Waals surface area (Å²) in [6, 6.07) is 45.0. The van der Waals surface area contributed by atoms with Gasteiger partial charge in [-0.15, -0.1) is 0 Å².